The van der Waals surface area contributed by atoms with Crippen LogP contribution in [0.25, 0.3) is 0 Å². The fourth-order valence-corrected chi connectivity index (χ4v) is 2.13. The Balaban J connectivity index is 2.41. The van der Waals surface area contributed by atoms with Crippen molar-refractivity contribution in [2.45, 2.75) is 26.3 Å². The van der Waals surface area contributed by atoms with Gasteiger partial charge in [0.25, 0.3) is 0 Å². The maximum atomic E-state index is 5.98. The van der Waals surface area contributed by atoms with Crippen LogP contribution in [-0.2, 0) is 19.4 Å². The van der Waals surface area contributed by atoms with Crippen molar-refractivity contribution in [3.63, 3.8) is 0 Å². The molecule has 2 nitrogen and oxygen atoms in total. The predicted molar refractivity (Wildman–Crippen MR) is 60.3 cm³/mol. The van der Waals surface area contributed by atoms with Crippen molar-refractivity contribution in [3.05, 3.63) is 28.8 Å². The van der Waals surface area contributed by atoms with Crippen molar-refractivity contribution in [3.8, 4) is 0 Å². The summed E-state index contributed by atoms with van der Waals surface area (Å²) in [5.74, 6) is 0. The van der Waals surface area contributed by atoms with Crippen molar-refractivity contribution in [2.24, 2.45) is 0 Å². The fourth-order valence-electron chi connectivity index (χ4n) is 2.13. The largest absolute Gasteiger partial charge is 0.398 e. The molecule has 0 radical (unpaired) electrons. The van der Waals surface area contributed by atoms with E-state index in [1.54, 1.807) is 0 Å². The van der Waals surface area contributed by atoms with E-state index >= 15 is 0 Å². The van der Waals surface area contributed by atoms with E-state index in [0.717, 1.165) is 31.6 Å². The number of benzene rings is 1. The van der Waals surface area contributed by atoms with Gasteiger partial charge < -0.3 is 10.6 Å². The summed E-state index contributed by atoms with van der Waals surface area (Å²) >= 11 is 0. The van der Waals surface area contributed by atoms with Gasteiger partial charge >= 0.3 is 0 Å². The standard InChI is InChI=1S/C12H18N2/c1-3-9-6-11-8-14(2)5-4-10(11)7-12(9)13/h6-7H,3-5,8,13H2,1-2H3. The minimum atomic E-state index is 0.968. The van der Waals surface area contributed by atoms with E-state index in [9.17, 15) is 0 Å². The van der Waals surface area contributed by atoms with E-state index in [1.165, 1.54) is 16.7 Å². The van der Waals surface area contributed by atoms with E-state index in [0.29, 0.717) is 0 Å². The van der Waals surface area contributed by atoms with Crippen molar-refractivity contribution >= 4 is 5.69 Å². The lowest BCUT2D eigenvalue weighted by molar-refractivity contribution is 0.313. The van der Waals surface area contributed by atoms with Crippen LogP contribution in [0.2, 0.25) is 0 Å². The fraction of sp³-hybridized carbons (Fsp3) is 0.500. The molecule has 0 unspecified atom stereocenters. The maximum Gasteiger partial charge on any atom is 0.0349 e. The van der Waals surface area contributed by atoms with Crippen LogP contribution in [0.5, 0.6) is 0 Å². The third-order valence-electron chi connectivity index (χ3n) is 3.05. The Morgan fingerprint density at radius 2 is 2.14 bits per heavy atom. The third-order valence-corrected chi connectivity index (χ3v) is 3.05. The smallest absolute Gasteiger partial charge is 0.0349 e. The van der Waals surface area contributed by atoms with E-state index in [-0.39, 0.29) is 0 Å². The third kappa shape index (κ3) is 1.62. The van der Waals surface area contributed by atoms with Gasteiger partial charge in [-0.1, -0.05) is 13.0 Å². The number of nitrogen functional groups attached to an aromatic ring is 1. The van der Waals surface area contributed by atoms with Gasteiger partial charge in [-0.3, -0.25) is 0 Å². The van der Waals surface area contributed by atoms with Gasteiger partial charge in [0.2, 0.25) is 0 Å². The van der Waals surface area contributed by atoms with Crippen molar-refractivity contribution < 1.29 is 0 Å². The Morgan fingerprint density at radius 1 is 1.36 bits per heavy atom. The number of hydrogen-bond donors (Lipinski definition) is 1. The highest BCUT2D eigenvalue weighted by atomic mass is 15.1. The predicted octanol–water partition coefficient (Wildman–Crippen LogP) is 1.82. The summed E-state index contributed by atoms with van der Waals surface area (Å²) in [7, 11) is 2.17. The van der Waals surface area contributed by atoms with Gasteiger partial charge in [0.1, 0.15) is 0 Å². The molecule has 1 aliphatic heterocycles. The molecule has 0 aliphatic carbocycles. The molecule has 1 aromatic rings. The van der Waals surface area contributed by atoms with E-state index in [4.69, 9.17) is 5.73 Å². The maximum absolute atomic E-state index is 5.98. The first-order valence-corrected chi connectivity index (χ1v) is 5.29. The van der Waals surface area contributed by atoms with Crippen LogP contribution in [0.4, 0.5) is 5.69 Å². The van der Waals surface area contributed by atoms with Gasteiger partial charge in [-0.2, -0.15) is 0 Å². The number of aryl methyl sites for hydroxylation is 1. The highest BCUT2D eigenvalue weighted by Crippen LogP contribution is 2.24. The Kier molecular flexibility index (Phi) is 2.46. The summed E-state index contributed by atoms with van der Waals surface area (Å²) in [6, 6.07) is 4.45. The molecule has 1 aromatic carbocycles. The van der Waals surface area contributed by atoms with Gasteiger partial charge in [-0.15, -0.1) is 0 Å². The normalized spacial score (nSPS) is 16.7. The van der Waals surface area contributed by atoms with Crippen LogP contribution in [0.1, 0.15) is 23.6 Å². The van der Waals surface area contributed by atoms with Crippen LogP contribution in [0, 0.1) is 0 Å². The van der Waals surface area contributed by atoms with Crippen LogP contribution in [0.15, 0.2) is 12.1 Å². The van der Waals surface area contributed by atoms with Crippen LogP contribution >= 0.6 is 0 Å². The Bertz CT molecular complexity index is 344. The topological polar surface area (TPSA) is 29.3 Å². The zero-order valence-electron chi connectivity index (χ0n) is 9.01. The summed E-state index contributed by atoms with van der Waals surface area (Å²) in [6.07, 6.45) is 2.17. The molecule has 0 spiro atoms. The number of likely N-dealkylation sites (N-methyl/N-ethyl adjacent to an activating group) is 1. The average Bonchev–Trinajstić information content (AvgIpc) is 2.17. The molecule has 76 valence electrons. The minimum Gasteiger partial charge on any atom is -0.398 e. The van der Waals surface area contributed by atoms with Crippen LogP contribution in [-0.4, -0.2) is 18.5 Å². The molecule has 0 amide bonds. The Labute approximate surface area is 85.7 Å². The van der Waals surface area contributed by atoms with Gasteiger partial charge in [0.05, 0.1) is 0 Å². The molecule has 1 aliphatic rings. The lowest BCUT2D eigenvalue weighted by atomic mass is 9.95. The van der Waals surface area contributed by atoms with E-state index < -0.39 is 0 Å². The Morgan fingerprint density at radius 3 is 2.86 bits per heavy atom. The SMILES string of the molecule is CCc1cc2c(cc1N)CCN(C)C2. The molecule has 2 N–H and O–H groups in total. The Hall–Kier alpha value is -1.02. The quantitative estimate of drug-likeness (QED) is 0.684. The van der Waals surface area contributed by atoms with Crippen LogP contribution < -0.4 is 5.73 Å². The first-order valence-electron chi connectivity index (χ1n) is 5.29. The molecule has 0 bridgehead atoms. The highest BCUT2D eigenvalue weighted by Gasteiger charge is 2.14. The summed E-state index contributed by atoms with van der Waals surface area (Å²) in [6.45, 7) is 4.38. The molecule has 14 heavy (non-hydrogen) atoms. The number of fused-ring (bicyclic) bond motifs is 1. The van der Waals surface area contributed by atoms with Crippen LogP contribution in [0.3, 0.4) is 0 Å². The molecule has 0 atom stereocenters. The zero-order chi connectivity index (χ0) is 10.1. The second-order valence-corrected chi connectivity index (χ2v) is 4.16. The molecule has 2 rings (SSSR count). The lowest BCUT2D eigenvalue weighted by Crippen LogP contribution is -2.26. The summed E-state index contributed by atoms with van der Waals surface area (Å²) in [4.78, 5) is 2.36. The van der Waals surface area contributed by atoms with E-state index in [2.05, 4.69) is 31.0 Å². The molecule has 1 heterocycles. The van der Waals surface area contributed by atoms with E-state index in [1.807, 2.05) is 0 Å². The molecule has 0 saturated heterocycles. The van der Waals surface area contributed by atoms with Crippen molar-refractivity contribution in [1.82, 2.24) is 4.90 Å². The summed E-state index contributed by atoms with van der Waals surface area (Å²) in [5, 5.41) is 0. The van der Waals surface area contributed by atoms with Gasteiger partial charge in [0.15, 0.2) is 0 Å². The molecule has 0 saturated carbocycles. The number of nitrogens with zero attached hydrogens (tertiary/aromatic N) is 1. The molecule has 0 fully saturated rings. The molecule has 0 aromatic heterocycles. The zero-order valence-corrected chi connectivity index (χ0v) is 9.01. The van der Waals surface area contributed by atoms with Crippen molar-refractivity contribution in [1.29, 1.82) is 0 Å². The second-order valence-electron chi connectivity index (χ2n) is 4.16. The molecule has 2 heteroatoms. The first kappa shape index (κ1) is 9.53. The number of nitrogens with two attached hydrogens (primary N) is 1. The lowest BCUT2D eigenvalue weighted by Gasteiger charge is -2.26. The number of hydrogen-bond acceptors (Lipinski definition) is 2. The minimum absolute atomic E-state index is 0.968. The monoisotopic (exact) mass is 190 g/mol. The first-order chi connectivity index (χ1) is 6.70. The second kappa shape index (κ2) is 3.62. The van der Waals surface area contributed by atoms with Gasteiger partial charge in [0, 0.05) is 18.8 Å². The number of rotatable bonds is 1. The van der Waals surface area contributed by atoms with Gasteiger partial charge in [-0.05, 0) is 42.6 Å². The average molecular weight is 190 g/mol. The van der Waals surface area contributed by atoms with Gasteiger partial charge in [-0.25, -0.2) is 0 Å². The number of anilines is 1. The highest BCUT2D eigenvalue weighted by molar-refractivity contribution is 5.52. The molecular weight excluding hydrogens is 172 g/mol. The summed E-state index contributed by atoms with van der Waals surface area (Å²) < 4.78 is 0. The van der Waals surface area contributed by atoms with Crippen molar-refractivity contribution in [2.75, 3.05) is 19.3 Å². The molecular formula is C12H18N2. The summed E-state index contributed by atoms with van der Waals surface area (Å²) in [5.41, 5.74) is 11.1.